The lowest BCUT2D eigenvalue weighted by Crippen LogP contribution is -2.52. The number of nitrogens with zero attached hydrogens (tertiary/aromatic N) is 2. The molecule has 1 amide bonds. The number of likely N-dealkylation sites (tertiary alicyclic amines) is 2. The number of amides is 1. The molecule has 5 nitrogen and oxygen atoms in total. The summed E-state index contributed by atoms with van der Waals surface area (Å²) in [4.78, 5) is 17.4. The van der Waals surface area contributed by atoms with Crippen molar-refractivity contribution in [3.05, 3.63) is 106 Å². The number of ether oxygens (including phenoxy) is 1. The maximum Gasteiger partial charge on any atom is 0.253 e. The van der Waals surface area contributed by atoms with E-state index >= 15 is 0 Å². The van der Waals surface area contributed by atoms with Crippen LogP contribution in [0.4, 0.5) is 0 Å². The Hall–Kier alpha value is -2.41. The summed E-state index contributed by atoms with van der Waals surface area (Å²) >= 11 is 12.7. The Morgan fingerprint density at radius 2 is 1.51 bits per heavy atom. The van der Waals surface area contributed by atoms with Gasteiger partial charge in [0.1, 0.15) is 12.3 Å². The van der Waals surface area contributed by atoms with Crippen LogP contribution in [0.5, 0.6) is 0 Å². The summed E-state index contributed by atoms with van der Waals surface area (Å²) in [5.41, 5.74) is 1.03. The van der Waals surface area contributed by atoms with E-state index in [4.69, 9.17) is 27.9 Å². The first-order valence-corrected chi connectivity index (χ1v) is 13.6. The van der Waals surface area contributed by atoms with E-state index in [-0.39, 0.29) is 5.91 Å². The first kappa shape index (κ1) is 26.2. The molecule has 3 aromatic rings. The van der Waals surface area contributed by atoms with Crippen LogP contribution in [0, 0.1) is 0 Å². The van der Waals surface area contributed by atoms with Gasteiger partial charge in [0.15, 0.2) is 0 Å². The van der Waals surface area contributed by atoms with Crippen molar-refractivity contribution >= 4 is 29.1 Å². The summed E-state index contributed by atoms with van der Waals surface area (Å²) in [6, 6.07) is 24.9. The Morgan fingerprint density at radius 1 is 0.838 bits per heavy atom. The average Bonchev–Trinajstić information content (AvgIpc) is 2.95. The summed E-state index contributed by atoms with van der Waals surface area (Å²) in [5, 5.41) is 12.2. The monoisotopic (exact) mass is 538 g/mol. The average molecular weight is 540 g/mol. The number of rotatable bonds is 6. The van der Waals surface area contributed by atoms with Crippen LogP contribution in [0.2, 0.25) is 10.0 Å². The van der Waals surface area contributed by atoms with E-state index in [9.17, 15) is 9.90 Å². The minimum Gasteiger partial charge on any atom is -0.385 e. The summed E-state index contributed by atoms with van der Waals surface area (Å²) in [5.74, 6) is -0.000710. The molecule has 0 bridgehead atoms. The number of benzene rings is 3. The maximum atomic E-state index is 13.3. The number of carbonyl (C=O) groups is 1. The smallest absolute Gasteiger partial charge is 0.253 e. The number of carbonyl (C=O) groups excluding carboxylic acids is 1. The molecule has 3 aromatic carbocycles. The number of hydrogen-bond acceptors (Lipinski definition) is 4. The summed E-state index contributed by atoms with van der Waals surface area (Å²) in [6.45, 7) is 2.94. The van der Waals surface area contributed by atoms with Gasteiger partial charge in [-0.15, -0.1) is 0 Å². The number of hydrogen-bond donors (Lipinski definition) is 1. The van der Waals surface area contributed by atoms with E-state index < -0.39 is 11.2 Å². The van der Waals surface area contributed by atoms with E-state index in [1.54, 1.807) is 6.07 Å². The van der Waals surface area contributed by atoms with E-state index in [2.05, 4.69) is 4.90 Å². The van der Waals surface area contributed by atoms with Gasteiger partial charge in [-0.3, -0.25) is 9.69 Å². The molecule has 1 unspecified atom stereocenters. The first-order valence-electron chi connectivity index (χ1n) is 12.8. The van der Waals surface area contributed by atoms with Crippen LogP contribution >= 0.6 is 23.2 Å². The highest BCUT2D eigenvalue weighted by molar-refractivity contribution is 6.42. The van der Waals surface area contributed by atoms with Crippen molar-refractivity contribution in [2.75, 3.05) is 32.9 Å². The van der Waals surface area contributed by atoms with Crippen molar-refractivity contribution in [1.29, 1.82) is 0 Å². The Labute approximate surface area is 228 Å². The SMILES string of the molecule is O=C(c1ccccc1)N1CCCC(OCN2CCC(O)(c3ccccc3)CC2)(c2ccc(Cl)c(Cl)c2)C1. The lowest BCUT2D eigenvalue weighted by atomic mass is 9.84. The van der Waals surface area contributed by atoms with Crippen LogP contribution in [-0.2, 0) is 15.9 Å². The van der Waals surface area contributed by atoms with Gasteiger partial charge in [-0.25, -0.2) is 0 Å². The van der Waals surface area contributed by atoms with Crippen molar-refractivity contribution in [3.63, 3.8) is 0 Å². The molecular formula is C30H32Cl2N2O3. The molecule has 0 aromatic heterocycles. The molecule has 2 aliphatic heterocycles. The van der Waals surface area contributed by atoms with Crippen LogP contribution in [0.1, 0.15) is 47.2 Å². The molecule has 1 atom stereocenters. The van der Waals surface area contributed by atoms with Gasteiger partial charge < -0.3 is 14.7 Å². The normalized spacial score (nSPS) is 22.1. The van der Waals surface area contributed by atoms with Crippen molar-refractivity contribution in [2.24, 2.45) is 0 Å². The predicted octanol–water partition coefficient (Wildman–Crippen LogP) is 6.08. The van der Waals surface area contributed by atoms with Gasteiger partial charge in [-0.05, 0) is 61.1 Å². The molecule has 194 valence electrons. The van der Waals surface area contributed by atoms with Crippen LogP contribution in [-0.4, -0.2) is 53.7 Å². The molecule has 0 radical (unpaired) electrons. The van der Waals surface area contributed by atoms with Crippen LogP contribution in [0.15, 0.2) is 78.9 Å². The zero-order valence-corrected chi connectivity index (χ0v) is 22.3. The van der Waals surface area contributed by atoms with Gasteiger partial charge in [-0.2, -0.15) is 0 Å². The van der Waals surface area contributed by atoms with Crippen molar-refractivity contribution in [1.82, 2.24) is 9.80 Å². The largest absolute Gasteiger partial charge is 0.385 e. The van der Waals surface area contributed by atoms with Gasteiger partial charge in [0.05, 0.1) is 22.2 Å². The first-order chi connectivity index (χ1) is 17.9. The Balaban J connectivity index is 1.33. The number of aliphatic hydroxyl groups is 1. The van der Waals surface area contributed by atoms with Gasteiger partial charge in [-0.1, -0.05) is 77.8 Å². The molecule has 2 fully saturated rings. The van der Waals surface area contributed by atoms with Gasteiger partial charge in [0.25, 0.3) is 5.91 Å². The Morgan fingerprint density at radius 3 is 2.19 bits per heavy atom. The second-order valence-electron chi connectivity index (χ2n) is 10.1. The van der Waals surface area contributed by atoms with Crippen molar-refractivity contribution in [3.8, 4) is 0 Å². The molecular weight excluding hydrogens is 507 g/mol. The third kappa shape index (κ3) is 5.71. The highest BCUT2D eigenvalue weighted by Gasteiger charge is 2.41. The van der Waals surface area contributed by atoms with Gasteiger partial charge >= 0.3 is 0 Å². The summed E-state index contributed by atoms with van der Waals surface area (Å²) in [6.07, 6.45) is 2.86. The molecule has 1 N–H and O–H groups in total. The van der Waals surface area contributed by atoms with E-state index in [1.807, 2.05) is 77.7 Å². The topological polar surface area (TPSA) is 53.0 Å². The highest BCUT2D eigenvalue weighted by atomic mass is 35.5. The quantitative estimate of drug-likeness (QED) is 0.413. The van der Waals surface area contributed by atoms with Crippen molar-refractivity contribution in [2.45, 2.75) is 36.9 Å². The van der Waals surface area contributed by atoms with Gasteiger partial charge in [0.2, 0.25) is 0 Å². The van der Waals surface area contributed by atoms with Crippen LogP contribution in [0.3, 0.4) is 0 Å². The lowest BCUT2D eigenvalue weighted by molar-refractivity contribution is -0.140. The molecule has 2 heterocycles. The molecule has 0 aliphatic carbocycles. The lowest BCUT2D eigenvalue weighted by Gasteiger charge is -2.45. The van der Waals surface area contributed by atoms with E-state index in [1.165, 1.54) is 0 Å². The minimum absolute atomic E-state index is 0.000710. The molecule has 2 saturated heterocycles. The zero-order chi connectivity index (χ0) is 25.9. The second-order valence-corrected chi connectivity index (χ2v) is 10.9. The zero-order valence-electron chi connectivity index (χ0n) is 20.8. The predicted molar refractivity (Wildman–Crippen MR) is 147 cm³/mol. The summed E-state index contributed by atoms with van der Waals surface area (Å²) < 4.78 is 6.73. The van der Waals surface area contributed by atoms with E-state index in [0.29, 0.717) is 48.3 Å². The molecule has 7 heteroatoms. The number of halogens is 2. The highest BCUT2D eigenvalue weighted by Crippen LogP contribution is 2.39. The van der Waals surface area contributed by atoms with Crippen LogP contribution in [0.25, 0.3) is 0 Å². The van der Waals surface area contributed by atoms with Crippen molar-refractivity contribution < 1.29 is 14.6 Å². The maximum absolute atomic E-state index is 13.3. The molecule has 0 saturated carbocycles. The van der Waals surface area contributed by atoms with Gasteiger partial charge in [0, 0.05) is 25.2 Å². The second kappa shape index (κ2) is 11.1. The standard InChI is InChI=1S/C30H32Cl2N2O3/c31-26-13-12-25(20-27(26)32)30(14-7-17-34(21-30)28(35)23-8-3-1-4-9-23)37-22-33-18-15-29(36,16-19-33)24-10-5-2-6-11-24/h1-6,8-13,20,36H,7,14-19,21-22H2. The third-order valence-corrected chi connectivity index (χ3v) is 8.47. The molecule has 5 rings (SSSR count). The number of piperidine rings is 2. The molecule has 0 spiro atoms. The Bertz CT molecular complexity index is 1220. The van der Waals surface area contributed by atoms with Crippen LogP contribution < -0.4 is 0 Å². The minimum atomic E-state index is -0.817. The fourth-order valence-electron chi connectivity index (χ4n) is 5.48. The van der Waals surface area contributed by atoms with E-state index in [0.717, 1.165) is 37.1 Å². The molecule has 37 heavy (non-hydrogen) atoms. The molecule has 2 aliphatic rings. The summed E-state index contributed by atoms with van der Waals surface area (Å²) in [7, 11) is 0. The third-order valence-electron chi connectivity index (χ3n) is 7.73. The Kier molecular flexibility index (Phi) is 7.89. The fraction of sp³-hybridized carbons (Fsp3) is 0.367. The fourth-order valence-corrected chi connectivity index (χ4v) is 5.78.